The molecule has 0 aromatic heterocycles. The number of carbonyl (C=O) groups excluding carboxylic acids is 1. The summed E-state index contributed by atoms with van der Waals surface area (Å²) in [6.07, 6.45) is 3.67. The van der Waals surface area contributed by atoms with Gasteiger partial charge in [-0.3, -0.25) is 4.79 Å². The van der Waals surface area contributed by atoms with Gasteiger partial charge in [0.05, 0.1) is 12.3 Å². The van der Waals surface area contributed by atoms with Crippen LogP contribution in [-0.2, 0) is 4.79 Å². The quantitative estimate of drug-likeness (QED) is 0.606. The Balaban J connectivity index is 1.78. The van der Waals surface area contributed by atoms with E-state index in [0.717, 1.165) is 33.0 Å². The zero-order valence-corrected chi connectivity index (χ0v) is 17.2. The van der Waals surface area contributed by atoms with Crippen LogP contribution in [-0.4, -0.2) is 29.3 Å². The zero-order valence-electron chi connectivity index (χ0n) is 17.2. The van der Waals surface area contributed by atoms with Gasteiger partial charge in [-0.2, -0.15) is 0 Å². The third kappa shape index (κ3) is 3.29. The number of aliphatic hydroxyl groups excluding tert-OH is 1. The van der Waals surface area contributed by atoms with Crippen LogP contribution < -0.4 is 4.90 Å². The highest BCUT2D eigenvalue weighted by molar-refractivity contribution is 6.11. The van der Waals surface area contributed by atoms with E-state index in [0.29, 0.717) is 17.8 Å². The first-order chi connectivity index (χ1) is 14.4. The van der Waals surface area contributed by atoms with E-state index in [1.54, 1.807) is 24.0 Å². The fourth-order valence-electron chi connectivity index (χ4n) is 4.22. The number of hydrogen-bond donors (Lipinski definition) is 2. The lowest BCUT2D eigenvalue weighted by molar-refractivity contribution is -0.115. The van der Waals surface area contributed by atoms with E-state index >= 15 is 0 Å². The van der Waals surface area contributed by atoms with Gasteiger partial charge in [0.25, 0.3) is 5.91 Å². The van der Waals surface area contributed by atoms with Gasteiger partial charge >= 0.3 is 0 Å². The summed E-state index contributed by atoms with van der Waals surface area (Å²) in [6, 6.07) is 15.2. The SMILES string of the molecule is C=Cc1ccc(C)c(/C=C(\C)C(=O)N2C[C@@H](CO)c3c2cc(O)c2ccccc32)c1. The minimum Gasteiger partial charge on any atom is -0.507 e. The van der Waals surface area contributed by atoms with Crippen molar-refractivity contribution >= 4 is 34.5 Å². The van der Waals surface area contributed by atoms with Crippen molar-refractivity contribution in [3.05, 3.63) is 82.9 Å². The molecule has 0 spiro atoms. The maximum Gasteiger partial charge on any atom is 0.253 e. The first-order valence-corrected chi connectivity index (χ1v) is 10.0. The van der Waals surface area contributed by atoms with Crippen molar-refractivity contribution in [1.29, 1.82) is 0 Å². The Morgan fingerprint density at radius 1 is 1.20 bits per heavy atom. The average molecular weight is 399 g/mol. The molecule has 1 aliphatic rings. The molecule has 4 nitrogen and oxygen atoms in total. The van der Waals surface area contributed by atoms with Crippen LogP contribution in [0.1, 0.15) is 35.1 Å². The molecule has 4 heteroatoms. The lowest BCUT2D eigenvalue weighted by Crippen LogP contribution is -2.30. The summed E-state index contributed by atoms with van der Waals surface area (Å²) in [7, 11) is 0. The molecule has 0 saturated heterocycles. The number of rotatable bonds is 4. The summed E-state index contributed by atoms with van der Waals surface area (Å²) in [4.78, 5) is 15.0. The molecule has 0 bridgehead atoms. The maximum absolute atomic E-state index is 13.4. The summed E-state index contributed by atoms with van der Waals surface area (Å²) in [5, 5.41) is 22.1. The molecule has 3 aromatic rings. The number of nitrogens with zero attached hydrogens (tertiary/aromatic N) is 1. The van der Waals surface area contributed by atoms with Gasteiger partial charge in [-0.1, -0.05) is 49.1 Å². The molecule has 0 radical (unpaired) electrons. The lowest BCUT2D eigenvalue weighted by Gasteiger charge is -2.19. The van der Waals surface area contributed by atoms with Crippen LogP contribution in [0.4, 0.5) is 5.69 Å². The number of hydrogen-bond acceptors (Lipinski definition) is 3. The lowest BCUT2D eigenvalue weighted by atomic mass is 9.95. The summed E-state index contributed by atoms with van der Waals surface area (Å²) in [5.74, 6) is -0.185. The number of phenols is 1. The number of amides is 1. The third-order valence-electron chi connectivity index (χ3n) is 5.86. The molecule has 1 amide bonds. The monoisotopic (exact) mass is 399 g/mol. The summed E-state index contributed by atoms with van der Waals surface area (Å²) in [6.45, 7) is 7.94. The van der Waals surface area contributed by atoms with Crippen molar-refractivity contribution < 1.29 is 15.0 Å². The van der Waals surface area contributed by atoms with E-state index in [4.69, 9.17) is 0 Å². The molecule has 30 heavy (non-hydrogen) atoms. The molecule has 0 aliphatic carbocycles. The highest BCUT2D eigenvalue weighted by Crippen LogP contribution is 2.45. The van der Waals surface area contributed by atoms with Crippen LogP contribution in [0, 0.1) is 6.92 Å². The maximum atomic E-state index is 13.4. The molecule has 3 aromatic carbocycles. The smallest absolute Gasteiger partial charge is 0.253 e. The van der Waals surface area contributed by atoms with Crippen LogP contribution in [0.15, 0.2) is 60.7 Å². The Kier molecular flexibility index (Phi) is 5.18. The molecule has 0 fully saturated rings. The first-order valence-electron chi connectivity index (χ1n) is 10.0. The zero-order chi connectivity index (χ0) is 21.4. The molecular formula is C26H25NO3. The molecule has 152 valence electrons. The Morgan fingerprint density at radius 3 is 2.63 bits per heavy atom. The van der Waals surface area contributed by atoms with E-state index < -0.39 is 0 Å². The van der Waals surface area contributed by atoms with Crippen LogP contribution in [0.2, 0.25) is 0 Å². The molecular weight excluding hydrogens is 374 g/mol. The number of aromatic hydroxyl groups is 1. The van der Waals surface area contributed by atoms with Gasteiger partial charge in [0, 0.05) is 29.5 Å². The third-order valence-corrected chi connectivity index (χ3v) is 5.86. The number of benzene rings is 3. The van der Waals surface area contributed by atoms with Crippen LogP contribution >= 0.6 is 0 Å². The van der Waals surface area contributed by atoms with Crippen LogP contribution in [0.25, 0.3) is 22.9 Å². The van der Waals surface area contributed by atoms with Crippen molar-refractivity contribution in [3.63, 3.8) is 0 Å². The number of aliphatic hydroxyl groups is 1. The average Bonchev–Trinajstić information content (AvgIpc) is 3.13. The van der Waals surface area contributed by atoms with E-state index in [1.807, 2.05) is 55.5 Å². The van der Waals surface area contributed by atoms with Crippen molar-refractivity contribution in [3.8, 4) is 5.75 Å². The van der Waals surface area contributed by atoms with Crippen LogP contribution in [0.3, 0.4) is 0 Å². The predicted molar refractivity (Wildman–Crippen MR) is 123 cm³/mol. The van der Waals surface area contributed by atoms with Crippen molar-refractivity contribution in [2.75, 3.05) is 18.1 Å². The molecule has 2 N–H and O–H groups in total. The van der Waals surface area contributed by atoms with E-state index in [1.165, 1.54) is 0 Å². The Labute approximate surface area is 176 Å². The largest absolute Gasteiger partial charge is 0.507 e. The van der Waals surface area contributed by atoms with Gasteiger partial charge in [-0.05, 0) is 53.6 Å². The van der Waals surface area contributed by atoms with Gasteiger partial charge in [0.1, 0.15) is 5.75 Å². The first kappa shape index (κ1) is 19.9. The summed E-state index contributed by atoms with van der Waals surface area (Å²) in [5.41, 5.74) is 5.22. The van der Waals surface area contributed by atoms with Gasteiger partial charge < -0.3 is 15.1 Å². The molecule has 0 saturated carbocycles. The number of aryl methyl sites for hydroxylation is 1. The van der Waals surface area contributed by atoms with Gasteiger partial charge in [0.15, 0.2) is 0 Å². The molecule has 1 atom stereocenters. The fraction of sp³-hybridized carbons (Fsp3) is 0.192. The van der Waals surface area contributed by atoms with E-state index in [9.17, 15) is 15.0 Å². The molecule has 4 rings (SSSR count). The highest BCUT2D eigenvalue weighted by atomic mass is 16.3. The standard InChI is InChI=1S/C26H25NO3/c1-4-18-10-9-16(2)19(12-18)11-17(3)26(30)27-14-20(15-28)25-22-8-6-5-7-21(22)24(29)13-23(25)27/h4-13,20,28-29H,1,14-15H2,2-3H3/b17-11+/t20-/m0/s1. The van der Waals surface area contributed by atoms with Crippen molar-refractivity contribution in [1.82, 2.24) is 0 Å². The van der Waals surface area contributed by atoms with Gasteiger partial charge in [-0.25, -0.2) is 0 Å². The second-order valence-electron chi connectivity index (χ2n) is 7.82. The number of carbonyl (C=O) groups is 1. The molecule has 1 aliphatic heterocycles. The van der Waals surface area contributed by atoms with Gasteiger partial charge in [-0.15, -0.1) is 0 Å². The van der Waals surface area contributed by atoms with E-state index in [-0.39, 0.29) is 24.2 Å². The number of anilines is 1. The predicted octanol–water partition coefficient (Wildman–Crippen LogP) is 5.02. The Morgan fingerprint density at radius 2 is 1.93 bits per heavy atom. The van der Waals surface area contributed by atoms with E-state index in [2.05, 4.69) is 6.58 Å². The van der Waals surface area contributed by atoms with Gasteiger partial charge in [0.2, 0.25) is 0 Å². The number of phenolic OH excluding ortho intramolecular Hbond substituents is 1. The minimum absolute atomic E-state index is 0.0607. The summed E-state index contributed by atoms with van der Waals surface area (Å²) >= 11 is 0. The number of fused-ring (bicyclic) bond motifs is 3. The normalized spacial score (nSPS) is 16.0. The minimum atomic E-state index is -0.187. The van der Waals surface area contributed by atoms with Crippen molar-refractivity contribution in [2.45, 2.75) is 19.8 Å². The molecule has 1 heterocycles. The topological polar surface area (TPSA) is 60.8 Å². The van der Waals surface area contributed by atoms with Crippen molar-refractivity contribution in [2.24, 2.45) is 0 Å². The Bertz CT molecular complexity index is 1190. The highest BCUT2D eigenvalue weighted by Gasteiger charge is 2.34. The second-order valence-corrected chi connectivity index (χ2v) is 7.82. The second kappa shape index (κ2) is 7.81. The van der Waals surface area contributed by atoms with Crippen LogP contribution in [0.5, 0.6) is 5.75 Å². The summed E-state index contributed by atoms with van der Waals surface area (Å²) < 4.78 is 0. The fourth-order valence-corrected chi connectivity index (χ4v) is 4.22. The molecule has 0 unspecified atom stereocenters. The Hall–Kier alpha value is -3.37.